The maximum Gasteiger partial charge on any atom is 0.225 e. The number of nitrogens with zero attached hydrogens (tertiary/aromatic N) is 3. The van der Waals surface area contributed by atoms with Gasteiger partial charge in [0.05, 0.1) is 0 Å². The van der Waals surface area contributed by atoms with Crippen LogP contribution in [-0.2, 0) is 13.0 Å². The average molecular weight is 230 g/mol. The fourth-order valence-corrected chi connectivity index (χ4v) is 1.82. The van der Waals surface area contributed by atoms with Gasteiger partial charge in [0.2, 0.25) is 5.28 Å². The lowest BCUT2D eigenvalue weighted by atomic mass is 10.1. The Morgan fingerprint density at radius 3 is 2.67 bits per heavy atom. The molecule has 1 rings (SSSR count). The van der Waals surface area contributed by atoms with Crippen molar-refractivity contribution in [3.63, 3.8) is 0 Å². The van der Waals surface area contributed by atoms with Gasteiger partial charge in [-0.25, -0.2) is 0 Å². The molecule has 15 heavy (non-hydrogen) atoms. The Morgan fingerprint density at radius 1 is 1.33 bits per heavy atom. The Bertz CT molecular complexity index is 294. The van der Waals surface area contributed by atoms with Crippen LogP contribution in [0.15, 0.2) is 0 Å². The van der Waals surface area contributed by atoms with E-state index in [1.165, 1.54) is 6.42 Å². The van der Waals surface area contributed by atoms with Crippen molar-refractivity contribution in [3.05, 3.63) is 11.1 Å². The second-order valence-electron chi connectivity index (χ2n) is 4.32. The SMILES string of the molecule is CCCc1nnc(Cl)n1CCCC(C)C. The molecule has 0 unspecified atom stereocenters. The van der Waals surface area contributed by atoms with Gasteiger partial charge in [-0.2, -0.15) is 0 Å². The minimum atomic E-state index is 0.530. The fraction of sp³-hybridized carbons (Fsp3) is 0.818. The van der Waals surface area contributed by atoms with Gasteiger partial charge in [-0.05, 0) is 36.8 Å². The van der Waals surface area contributed by atoms with Crippen LogP contribution in [0.2, 0.25) is 5.28 Å². The summed E-state index contributed by atoms with van der Waals surface area (Å²) in [4.78, 5) is 0. The van der Waals surface area contributed by atoms with Crippen LogP contribution < -0.4 is 0 Å². The average Bonchev–Trinajstić information content (AvgIpc) is 2.50. The molecule has 0 spiro atoms. The standard InChI is InChI=1S/C11H20ClN3/c1-4-6-10-13-14-11(12)15(10)8-5-7-9(2)3/h9H,4-8H2,1-3H3. The summed E-state index contributed by atoms with van der Waals surface area (Å²) in [5.41, 5.74) is 0. The molecule has 86 valence electrons. The first-order valence-corrected chi connectivity index (χ1v) is 6.10. The van der Waals surface area contributed by atoms with Gasteiger partial charge in [0.1, 0.15) is 5.82 Å². The van der Waals surface area contributed by atoms with Crippen molar-refractivity contribution in [2.24, 2.45) is 5.92 Å². The zero-order valence-corrected chi connectivity index (χ0v) is 10.6. The van der Waals surface area contributed by atoms with Crippen molar-refractivity contribution in [1.29, 1.82) is 0 Å². The van der Waals surface area contributed by atoms with E-state index in [4.69, 9.17) is 11.6 Å². The van der Waals surface area contributed by atoms with Crippen molar-refractivity contribution >= 4 is 11.6 Å². The van der Waals surface area contributed by atoms with Crippen molar-refractivity contribution < 1.29 is 0 Å². The molecule has 1 aromatic rings. The van der Waals surface area contributed by atoms with E-state index in [0.717, 1.165) is 37.5 Å². The summed E-state index contributed by atoms with van der Waals surface area (Å²) in [5.74, 6) is 1.76. The second-order valence-corrected chi connectivity index (χ2v) is 4.66. The van der Waals surface area contributed by atoms with Gasteiger partial charge in [-0.1, -0.05) is 20.8 Å². The van der Waals surface area contributed by atoms with Crippen molar-refractivity contribution in [2.45, 2.75) is 53.0 Å². The van der Waals surface area contributed by atoms with E-state index in [9.17, 15) is 0 Å². The van der Waals surface area contributed by atoms with E-state index in [0.29, 0.717) is 5.28 Å². The lowest BCUT2D eigenvalue weighted by Gasteiger charge is -2.08. The zero-order valence-electron chi connectivity index (χ0n) is 9.83. The van der Waals surface area contributed by atoms with Gasteiger partial charge in [0, 0.05) is 13.0 Å². The molecule has 4 heteroatoms. The molecule has 0 aliphatic carbocycles. The van der Waals surface area contributed by atoms with Gasteiger partial charge in [-0.15, -0.1) is 10.2 Å². The van der Waals surface area contributed by atoms with E-state index in [1.807, 2.05) is 4.57 Å². The van der Waals surface area contributed by atoms with Crippen molar-refractivity contribution in [2.75, 3.05) is 0 Å². The fourth-order valence-electron chi connectivity index (χ4n) is 1.60. The Labute approximate surface area is 96.8 Å². The molecule has 0 saturated carbocycles. The third kappa shape index (κ3) is 3.82. The molecule has 0 aromatic carbocycles. The maximum absolute atomic E-state index is 5.99. The molecule has 1 aromatic heterocycles. The van der Waals surface area contributed by atoms with Crippen LogP contribution in [0.1, 0.15) is 45.9 Å². The monoisotopic (exact) mass is 229 g/mol. The molecule has 0 amide bonds. The van der Waals surface area contributed by atoms with Crippen LogP contribution in [-0.4, -0.2) is 14.8 Å². The van der Waals surface area contributed by atoms with Gasteiger partial charge in [0.25, 0.3) is 0 Å². The molecule has 1 heterocycles. The quantitative estimate of drug-likeness (QED) is 0.749. The first kappa shape index (κ1) is 12.5. The largest absolute Gasteiger partial charge is 0.302 e. The number of rotatable bonds is 6. The van der Waals surface area contributed by atoms with Crippen molar-refractivity contribution in [1.82, 2.24) is 14.8 Å². The molecule has 0 bridgehead atoms. The number of aromatic nitrogens is 3. The minimum absolute atomic E-state index is 0.530. The summed E-state index contributed by atoms with van der Waals surface area (Å²) in [6, 6.07) is 0. The number of hydrogen-bond donors (Lipinski definition) is 0. The molecule has 0 radical (unpaired) electrons. The predicted molar refractivity (Wildman–Crippen MR) is 63.1 cm³/mol. The molecule has 0 fully saturated rings. The lowest BCUT2D eigenvalue weighted by molar-refractivity contribution is 0.503. The van der Waals surface area contributed by atoms with Gasteiger partial charge < -0.3 is 4.57 Å². The predicted octanol–water partition coefficient (Wildman–Crippen LogP) is 3.32. The van der Waals surface area contributed by atoms with Gasteiger partial charge >= 0.3 is 0 Å². The zero-order chi connectivity index (χ0) is 11.3. The molecule has 0 aliphatic heterocycles. The highest BCUT2D eigenvalue weighted by Gasteiger charge is 2.08. The smallest absolute Gasteiger partial charge is 0.225 e. The third-order valence-corrected chi connectivity index (χ3v) is 2.70. The van der Waals surface area contributed by atoms with E-state index in [2.05, 4.69) is 31.0 Å². The summed E-state index contributed by atoms with van der Waals surface area (Å²) in [6.45, 7) is 7.56. The normalized spacial score (nSPS) is 11.3. The minimum Gasteiger partial charge on any atom is -0.302 e. The first-order chi connectivity index (χ1) is 7.15. The summed E-state index contributed by atoms with van der Waals surface area (Å²) in [6.07, 6.45) is 4.41. The molecule has 0 saturated heterocycles. The molecular weight excluding hydrogens is 210 g/mol. The molecule has 3 nitrogen and oxygen atoms in total. The first-order valence-electron chi connectivity index (χ1n) is 5.72. The van der Waals surface area contributed by atoms with Gasteiger partial charge in [-0.3, -0.25) is 0 Å². The topological polar surface area (TPSA) is 30.7 Å². The van der Waals surface area contributed by atoms with E-state index >= 15 is 0 Å². The van der Waals surface area contributed by atoms with Crippen LogP contribution >= 0.6 is 11.6 Å². The summed E-state index contributed by atoms with van der Waals surface area (Å²) >= 11 is 5.99. The number of hydrogen-bond acceptors (Lipinski definition) is 2. The summed E-state index contributed by atoms with van der Waals surface area (Å²) < 4.78 is 2.04. The summed E-state index contributed by atoms with van der Waals surface area (Å²) in [7, 11) is 0. The molecule has 0 aliphatic rings. The van der Waals surface area contributed by atoms with Crippen LogP contribution in [0.5, 0.6) is 0 Å². The maximum atomic E-state index is 5.99. The molecule has 0 N–H and O–H groups in total. The molecular formula is C11H20ClN3. The Balaban J connectivity index is 2.54. The third-order valence-electron chi connectivity index (χ3n) is 2.42. The Hall–Kier alpha value is -0.570. The molecule has 0 atom stereocenters. The highest BCUT2D eigenvalue weighted by atomic mass is 35.5. The highest BCUT2D eigenvalue weighted by Crippen LogP contribution is 2.13. The Morgan fingerprint density at radius 2 is 2.07 bits per heavy atom. The van der Waals surface area contributed by atoms with E-state index in [1.54, 1.807) is 0 Å². The van der Waals surface area contributed by atoms with E-state index in [-0.39, 0.29) is 0 Å². The number of aryl methyl sites for hydroxylation is 1. The van der Waals surface area contributed by atoms with Crippen LogP contribution in [0.4, 0.5) is 0 Å². The van der Waals surface area contributed by atoms with Crippen LogP contribution in [0, 0.1) is 5.92 Å². The summed E-state index contributed by atoms with van der Waals surface area (Å²) in [5, 5.41) is 8.53. The number of halogens is 1. The van der Waals surface area contributed by atoms with Crippen LogP contribution in [0.25, 0.3) is 0 Å². The van der Waals surface area contributed by atoms with E-state index < -0.39 is 0 Å². The Kier molecular flexibility index (Phi) is 5.09. The van der Waals surface area contributed by atoms with Crippen molar-refractivity contribution in [3.8, 4) is 0 Å². The van der Waals surface area contributed by atoms with Crippen LogP contribution in [0.3, 0.4) is 0 Å². The second kappa shape index (κ2) is 6.11. The highest BCUT2D eigenvalue weighted by molar-refractivity contribution is 6.28. The van der Waals surface area contributed by atoms with Gasteiger partial charge in [0.15, 0.2) is 0 Å². The lowest BCUT2D eigenvalue weighted by Crippen LogP contribution is -2.05.